The average molecular weight is 401 g/mol. The molecule has 3 rings (SSSR count). The van der Waals surface area contributed by atoms with Gasteiger partial charge in [-0.05, 0) is 49.0 Å². The Morgan fingerprint density at radius 3 is 2.78 bits per heavy atom. The van der Waals surface area contributed by atoms with Crippen molar-refractivity contribution >= 4 is 45.8 Å². The molecular formula is C21H21ClN2O2S. The molecule has 0 fully saturated rings. The van der Waals surface area contributed by atoms with Crippen molar-refractivity contribution in [1.82, 2.24) is 5.32 Å². The predicted molar refractivity (Wildman–Crippen MR) is 113 cm³/mol. The third kappa shape index (κ3) is 4.67. The predicted octanol–water partition coefficient (Wildman–Crippen LogP) is 4.85. The molecule has 4 nitrogen and oxygen atoms in total. The second-order valence-corrected chi connectivity index (χ2v) is 7.77. The van der Waals surface area contributed by atoms with E-state index in [2.05, 4.69) is 17.2 Å². The summed E-state index contributed by atoms with van der Waals surface area (Å²) in [5.74, 6) is -0.453. The summed E-state index contributed by atoms with van der Waals surface area (Å²) in [6, 6.07) is 7.31. The molecule has 0 saturated heterocycles. The third-order valence-electron chi connectivity index (χ3n) is 4.36. The minimum atomic E-state index is -0.286. The standard InChI is InChI=1S/C21H21ClN2O2S/c1-2-13-23-20(26)19-15-8-4-6-10-17(15)27-21(19)24-18(25)12-11-14-7-3-5-9-16(14)22/h2-3,5,7,9,11-12H,1,4,6,8,10,13H2,(H,23,26)(H,24,25)/b12-11+. The topological polar surface area (TPSA) is 58.2 Å². The molecule has 1 aromatic heterocycles. The molecule has 0 atom stereocenters. The van der Waals surface area contributed by atoms with Crippen LogP contribution in [0.2, 0.25) is 5.02 Å². The number of amides is 2. The van der Waals surface area contributed by atoms with Gasteiger partial charge >= 0.3 is 0 Å². The van der Waals surface area contributed by atoms with Crippen LogP contribution in [0.25, 0.3) is 6.08 Å². The highest BCUT2D eigenvalue weighted by molar-refractivity contribution is 7.17. The Morgan fingerprint density at radius 1 is 1.22 bits per heavy atom. The maximum atomic E-state index is 12.6. The third-order valence-corrected chi connectivity index (χ3v) is 5.91. The Morgan fingerprint density at radius 2 is 2.00 bits per heavy atom. The van der Waals surface area contributed by atoms with Gasteiger partial charge in [0.25, 0.3) is 5.91 Å². The quantitative estimate of drug-likeness (QED) is 0.538. The van der Waals surface area contributed by atoms with Gasteiger partial charge in [-0.25, -0.2) is 0 Å². The zero-order chi connectivity index (χ0) is 19.2. The number of carbonyl (C=O) groups is 2. The van der Waals surface area contributed by atoms with Gasteiger partial charge < -0.3 is 10.6 Å². The summed E-state index contributed by atoms with van der Waals surface area (Å²) in [4.78, 5) is 26.2. The highest BCUT2D eigenvalue weighted by Crippen LogP contribution is 2.38. The number of thiophene rings is 1. The monoisotopic (exact) mass is 400 g/mol. The van der Waals surface area contributed by atoms with Crippen LogP contribution in [-0.4, -0.2) is 18.4 Å². The SMILES string of the molecule is C=CCNC(=O)c1c(NC(=O)/C=C/c2ccccc2Cl)sc2c1CCCC2. The number of rotatable bonds is 6. The van der Waals surface area contributed by atoms with Gasteiger partial charge in [0.2, 0.25) is 5.91 Å². The van der Waals surface area contributed by atoms with Gasteiger partial charge in [-0.3, -0.25) is 9.59 Å². The summed E-state index contributed by atoms with van der Waals surface area (Å²) in [7, 11) is 0. The average Bonchev–Trinajstić information content (AvgIpc) is 3.03. The maximum Gasteiger partial charge on any atom is 0.254 e. The van der Waals surface area contributed by atoms with E-state index in [1.54, 1.807) is 18.2 Å². The molecule has 140 valence electrons. The van der Waals surface area contributed by atoms with Gasteiger partial charge in [-0.1, -0.05) is 35.9 Å². The lowest BCUT2D eigenvalue weighted by molar-refractivity contribution is -0.111. The summed E-state index contributed by atoms with van der Waals surface area (Å²) >= 11 is 7.61. The maximum absolute atomic E-state index is 12.6. The molecule has 0 bridgehead atoms. The van der Waals surface area contributed by atoms with Crippen molar-refractivity contribution < 1.29 is 9.59 Å². The van der Waals surface area contributed by atoms with E-state index in [1.165, 1.54) is 22.3 Å². The Bertz CT molecular complexity index is 902. The normalized spacial score (nSPS) is 13.2. The fourth-order valence-electron chi connectivity index (χ4n) is 3.08. The van der Waals surface area contributed by atoms with E-state index < -0.39 is 0 Å². The molecule has 6 heteroatoms. The Balaban J connectivity index is 1.82. The van der Waals surface area contributed by atoms with Gasteiger partial charge in [-0.15, -0.1) is 17.9 Å². The second kappa shape index (κ2) is 9.02. The number of nitrogens with one attached hydrogen (secondary N) is 2. The molecule has 2 amide bonds. The lowest BCUT2D eigenvalue weighted by atomic mass is 9.95. The van der Waals surface area contributed by atoms with E-state index in [1.807, 2.05) is 18.2 Å². The molecule has 1 aromatic carbocycles. The van der Waals surface area contributed by atoms with E-state index in [-0.39, 0.29) is 11.8 Å². The van der Waals surface area contributed by atoms with Gasteiger partial charge in [0, 0.05) is 22.5 Å². The van der Waals surface area contributed by atoms with Crippen molar-refractivity contribution in [2.24, 2.45) is 0 Å². The fourth-order valence-corrected chi connectivity index (χ4v) is 4.57. The van der Waals surface area contributed by atoms with Gasteiger partial charge in [-0.2, -0.15) is 0 Å². The molecule has 1 aliphatic carbocycles. The number of halogens is 1. The number of fused-ring (bicyclic) bond motifs is 1. The number of hydrogen-bond acceptors (Lipinski definition) is 3. The second-order valence-electron chi connectivity index (χ2n) is 6.26. The lowest BCUT2D eigenvalue weighted by Gasteiger charge is -2.12. The van der Waals surface area contributed by atoms with E-state index in [0.717, 1.165) is 36.8 Å². The van der Waals surface area contributed by atoms with Crippen molar-refractivity contribution in [2.75, 3.05) is 11.9 Å². The summed E-state index contributed by atoms with van der Waals surface area (Å²) in [6.07, 6.45) is 8.74. The first-order valence-corrected chi connectivity index (χ1v) is 10.1. The summed E-state index contributed by atoms with van der Waals surface area (Å²) in [6.45, 7) is 4.02. The Labute approximate surface area is 167 Å². The number of aryl methyl sites for hydroxylation is 1. The van der Waals surface area contributed by atoms with Crippen molar-refractivity contribution in [3.63, 3.8) is 0 Å². The molecule has 0 saturated carbocycles. The molecule has 1 aliphatic rings. The van der Waals surface area contributed by atoms with Crippen LogP contribution in [0.5, 0.6) is 0 Å². The largest absolute Gasteiger partial charge is 0.348 e. The minimum Gasteiger partial charge on any atom is -0.348 e. The lowest BCUT2D eigenvalue weighted by Crippen LogP contribution is -2.25. The fraction of sp³-hybridized carbons (Fsp3) is 0.238. The first kappa shape index (κ1) is 19.4. The van der Waals surface area contributed by atoms with Gasteiger partial charge in [0.15, 0.2) is 0 Å². The highest BCUT2D eigenvalue weighted by Gasteiger charge is 2.25. The first-order valence-electron chi connectivity index (χ1n) is 8.87. The smallest absolute Gasteiger partial charge is 0.254 e. The Hall–Kier alpha value is -2.37. The van der Waals surface area contributed by atoms with Crippen LogP contribution in [-0.2, 0) is 17.6 Å². The molecule has 27 heavy (non-hydrogen) atoms. The summed E-state index contributed by atoms with van der Waals surface area (Å²) in [5, 5.41) is 6.89. The van der Waals surface area contributed by atoms with E-state index in [4.69, 9.17) is 11.6 Å². The van der Waals surface area contributed by atoms with Crippen LogP contribution in [0.1, 0.15) is 39.2 Å². The molecule has 1 heterocycles. The zero-order valence-corrected chi connectivity index (χ0v) is 16.5. The van der Waals surface area contributed by atoms with Gasteiger partial charge in [0.05, 0.1) is 5.56 Å². The van der Waals surface area contributed by atoms with Crippen molar-refractivity contribution in [3.8, 4) is 0 Å². The number of anilines is 1. The number of benzene rings is 1. The number of hydrogen-bond donors (Lipinski definition) is 2. The molecule has 2 aromatic rings. The van der Waals surface area contributed by atoms with Crippen molar-refractivity contribution in [2.45, 2.75) is 25.7 Å². The summed E-state index contributed by atoms with van der Waals surface area (Å²) in [5.41, 5.74) is 2.43. The van der Waals surface area contributed by atoms with E-state index in [9.17, 15) is 9.59 Å². The van der Waals surface area contributed by atoms with Crippen LogP contribution in [0.3, 0.4) is 0 Å². The van der Waals surface area contributed by atoms with Crippen molar-refractivity contribution in [1.29, 1.82) is 0 Å². The van der Waals surface area contributed by atoms with Crippen LogP contribution in [0.4, 0.5) is 5.00 Å². The molecule has 0 unspecified atom stereocenters. The zero-order valence-electron chi connectivity index (χ0n) is 14.9. The summed E-state index contributed by atoms with van der Waals surface area (Å²) < 4.78 is 0. The van der Waals surface area contributed by atoms with Gasteiger partial charge in [0.1, 0.15) is 5.00 Å². The van der Waals surface area contributed by atoms with Crippen LogP contribution in [0, 0.1) is 0 Å². The van der Waals surface area contributed by atoms with E-state index >= 15 is 0 Å². The molecule has 0 radical (unpaired) electrons. The van der Waals surface area contributed by atoms with Crippen LogP contribution < -0.4 is 10.6 Å². The van der Waals surface area contributed by atoms with Crippen LogP contribution >= 0.6 is 22.9 Å². The molecular weight excluding hydrogens is 380 g/mol. The molecule has 0 aliphatic heterocycles. The first-order chi connectivity index (χ1) is 13.1. The van der Waals surface area contributed by atoms with Crippen LogP contribution in [0.15, 0.2) is 43.0 Å². The highest BCUT2D eigenvalue weighted by atomic mass is 35.5. The Kier molecular flexibility index (Phi) is 6.48. The van der Waals surface area contributed by atoms with E-state index in [0.29, 0.717) is 22.1 Å². The minimum absolute atomic E-state index is 0.167. The molecule has 2 N–H and O–H groups in total. The molecule has 0 spiro atoms. The van der Waals surface area contributed by atoms with Crippen molar-refractivity contribution in [3.05, 3.63) is 69.6 Å². The number of carbonyl (C=O) groups excluding carboxylic acids is 2.